The molecule has 130 valence electrons. The molecular formula is C15H27F3N2O2. The molecule has 1 atom stereocenters. The van der Waals surface area contributed by atoms with E-state index in [1.54, 1.807) is 32.6 Å². The van der Waals surface area contributed by atoms with Crippen LogP contribution in [0.25, 0.3) is 0 Å². The van der Waals surface area contributed by atoms with Crippen LogP contribution in [0.2, 0.25) is 0 Å². The summed E-state index contributed by atoms with van der Waals surface area (Å²) in [6, 6.07) is -0.191. The highest BCUT2D eigenvalue weighted by atomic mass is 19.4. The second-order valence-corrected chi connectivity index (χ2v) is 7.07. The second kappa shape index (κ2) is 7.17. The topological polar surface area (TPSA) is 43.8 Å². The van der Waals surface area contributed by atoms with E-state index in [0.29, 0.717) is 6.54 Å². The van der Waals surface area contributed by atoms with Crippen molar-refractivity contribution in [1.29, 1.82) is 0 Å². The van der Waals surface area contributed by atoms with Crippen LogP contribution in [0.4, 0.5) is 13.2 Å². The minimum absolute atomic E-state index is 0.0324. The lowest BCUT2D eigenvalue weighted by Crippen LogP contribution is -2.51. The van der Waals surface area contributed by atoms with Crippen LogP contribution in [0.15, 0.2) is 0 Å². The van der Waals surface area contributed by atoms with Crippen LogP contribution in [0.3, 0.4) is 0 Å². The Morgan fingerprint density at radius 1 is 1.36 bits per heavy atom. The van der Waals surface area contributed by atoms with E-state index in [4.69, 9.17) is 0 Å². The van der Waals surface area contributed by atoms with Crippen LogP contribution in [-0.4, -0.2) is 64.8 Å². The Morgan fingerprint density at radius 3 is 2.41 bits per heavy atom. The van der Waals surface area contributed by atoms with Crippen LogP contribution in [0.1, 0.15) is 40.5 Å². The Hall–Kier alpha value is -0.820. The molecule has 1 amide bonds. The van der Waals surface area contributed by atoms with Crippen LogP contribution < -0.4 is 0 Å². The number of aliphatic hydroxyl groups is 1. The maximum absolute atomic E-state index is 12.6. The molecule has 0 aromatic heterocycles. The van der Waals surface area contributed by atoms with Gasteiger partial charge in [0.2, 0.25) is 5.91 Å². The molecular weight excluding hydrogens is 297 g/mol. The molecule has 0 aromatic carbocycles. The van der Waals surface area contributed by atoms with Gasteiger partial charge in [0, 0.05) is 12.6 Å². The molecule has 0 saturated carbocycles. The fourth-order valence-electron chi connectivity index (χ4n) is 3.00. The lowest BCUT2D eigenvalue weighted by molar-refractivity contribution is -0.163. The van der Waals surface area contributed by atoms with Gasteiger partial charge >= 0.3 is 6.18 Å². The number of carbonyl (C=O) groups is 1. The van der Waals surface area contributed by atoms with Gasteiger partial charge < -0.3 is 10.0 Å². The molecule has 0 aliphatic carbocycles. The third-order valence-electron chi connectivity index (χ3n) is 3.83. The van der Waals surface area contributed by atoms with Gasteiger partial charge in [0.05, 0.1) is 12.1 Å². The van der Waals surface area contributed by atoms with Crippen molar-refractivity contribution >= 4 is 5.91 Å². The molecule has 4 nitrogen and oxygen atoms in total. The molecule has 0 spiro atoms. The molecule has 1 fully saturated rings. The highest BCUT2D eigenvalue weighted by molar-refractivity contribution is 5.78. The van der Waals surface area contributed by atoms with E-state index in [0.717, 1.165) is 17.7 Å². The number of likely N-dealkylation sites (tertiary alicyclic amines) is 1. The monoisotopic (exact) mass is 324 g/mol. The largest absolute Gasteiger partial charge is 0.406 e. The molecule has 1 aliphatic heterocycles. The Morgan fingerprint density at radius 2 is 1.95 bits per heavy atom. The Kier molecular flexibility index (Phi) is 6.27. The SMILES string of the molecule is CC(C)CN(CC(F)(F)F)C(=O)CN1CCCC1C(C)(C)O. The van der Waals surface area contributed by atoms with Gasteiger partial charge in [0.25, 0.3) is 0 Å². The number of hydrogen-bond donors (Lipinski definition) is 1. The molecule has 1 aliphatic rings. The molecule has 0 bridgehead atoms. The van der Waals surface area contributed by atoms with Gasteiger partial charge in [0.1, 0.15) is 6.54 Å². The van der Waals surface area contributed by atoms with Crippen molar-refractivity contribution in [2.75, 3.05) is 26.2 Å². The zero-order chi connectivity index (χ0) is 17.1. The van der Waals surface area contributed by atoms with Crippen LogP contribution in [-0.2, 0) is 4.79 Å². The van der Waals surface area contributed by atoms with Crippen molar-refractivity contribution < 1.29 is 23.1 Å². The third-order valence-corrected chi connectivity index (χ3v) is 3.83. The standard InChI is InChI=1S/C15H27F3N2O2/c1-11(2)8-20(10-15(16,17)18)13(21)9-19-7-5-6-12(19)14(3,4)22/h11-12,22H,5-10H2,1-4H3. The highest BCUT2D eigenvalue weighted by Crippen LogP contribution is 2.27. The first-order valence-electron chi connectivity index (χ1n) is 7.71. The van der Waals surface area contributed by atoms with Gasteiger partial charge in [0.15, 0.2) is 0 Å². The van der Waals surface area contributed by atoms with Crippen molar-refractivity contribution in [3.05, 3.63) is 0 Å². The predicted octanol–water partition coefficient (Wildman–Crippen LogP) is 2.27. The van der Waals surface area contributed by atoms with Gasteiger partial charge in [-0.05, 0) is 39.2 Å². The number of alkyl halides is 3. The molecule has 0 radical (unpaired) electrons. The number of halogens is 3. The van der Waals surface area contributed by atoms with Gasteiger partial charge in [-0.2, -0.15) is 13.2 Å². The highest BCUT2D eigenvalue weighted by Gasteiger charge is 2.38. The van der Waals surface area contributed by atoms with Gasteiger partial charge in [-0.3, -0.25) is 9.69 Å². The van der Waals surface area contributed by atoms with E-state index in [2.05, 4.69) is 0 Å². The number of amides is 1. The van der Waals surface area contributed by atoms with E-state index >= 15 is 0 Å². The summed E-state index contributed by atoms with van der Waals surface area (Å²) >= 11 is 0. The van der Waals surface area contributed by atoms with E-state index in [9.17, 15) is 23.1 Å². The van der Waals surface area contributed by atoms with Crippen molar-refractivity contribution in [2.45, 2.75) is 58.4 Å². The summed E-state index contributed by atoms with van der Waals surface area (Å²) in [5, 5.41) is 10.1. The molecule has 7 heteroatoms. The van der Waals surface area contributed by atoms with E-state index < -0.39 is 24.2 Å². The fraction of sp³-hybridized carbons (Fsp3) is 0.933. The quantitative estimate of drug-likeness (QED) is 0.815. The zero-order valence-corrected chi connectivity index (χ0v) is 13.8. The Labute approximate surface area is 130 Å². The summed E-state index contributed by atoms with van der Waals surface area (Å²) in [6.07, 6.45) is -2.81. The fourth-order valence-corrected chi connectivity index (χ4v) is 3.00. The summed E-state index contributed by atoms with van der Waals surface area (Å²) in [6.45, 7) is 6.33. The van der Waals surface area contributed by atoms with E-state index in [1.165, 1.54) is 0 Å². The second-order valence-electron chi connectivity index (χ2n) is 7.07. The first kappa shape index (κ1) is 19.2. The van der Waals surface area contributed by atoms with E-state index in [1.807, 2.05) is 0 Å². The summed E-state index contributed by atoms with van der Waals surface area (Å²) < 4.78 is 37.9. The number of carbonyl (C=O) groups excluding carboxylic acids is 1. The number of nitrogens with zero attached hydrogens (tertiary/aromatic N) is 2. The Balaban J connectivity index is 2.73. The summed E-state index contributed by atoms with van der Waals surface area (Å²) in [5.41, 5.74) is -0.969. The lowest BCUT2D eigenvalue weighted by atomic mass is 9.96. The molecule has 0 aromatic rings. The predicted molar refractivity (Wildman–Crippen MR) is 78.4 cm³/mol. The minimum Gasteiger partial charge on any atom is -0.389 e. The summed E-state index contributed by atoms with van der Waals surface area (Å²) in [7, 11) is 0. The summed E-state index contributed by atoms with van der Waals surface area (Å²) in [4.78, 5) is 15.0. The smallest absolute Gasteiger partial charge is 0.389 e. The first-order valence-corrected chi connectivity index (χ1v) is 7.71. The first-order chi connectivity index (χ1) is 9.90. The Bertz CT molecular complexity index is 378. The average molecular weight is 324 g/mol. The molecule has 1 heterocycles. The molecule has 22 heavy (non-hydrogen) atoms. The van der Waals surface area contributed by atoms with Crippen LogP contribution >= 0.6 is 0 Å². The number of hydrogen-bond acceptors (Lipinski definition) is 3. The third kappa shape index (κ3) is 6.12. The van der Waals surface area contributed by atoms with Crippen LogP contribution in [0.5, 0.6) is 0 Å². The van der Waals surface area contributed by atoms with Crippen molar-refractivity contribution in [3.63, 3.8) is 0 Å². The van der Waals surface area contributed by atoms with E-state index in [-0.39, 0.29) is 25.0 Å². The molecule has 1 N–H and O–H groups in total. The lowest BCUT2D eigenvalue weighted by Gasteiger charge is -2.35. The van der Waals surface area contributed by atoms with Gasteiger partial charge in [-0.15, -0.1) is 0 Å². The van der Waals surface area contributed by atoms with Crippen molar-refractivity contribution in [2.24, 2.45) is 5.92 Å². The van der Waals surface area contributed by atoms with Crippen LogP contribution in [0, 0.1) is 5.92 Å². The maximum atomic E-state index is 12.6. The van der Waals surface area contributed by atoms with Gasteiger partial charge in [-0.25, -0.2) is 0 Å². The average Bonchev–Trinajstić information content (AvgIpc) is 2.73. The zero-order valence-electron chi connectivity index (χ0n) is 13.8. The summed E-state index contributed by atoms with van der Waals surface area (Å²) in [5.74, 6) is -0.558. The van der Waals surface area contributed by atoms with Gasteiger partial charge in [-0.1, -0.05) is 13.8 Å². The maximum Gasteiger partial charge on any atom is 0.406 e. The molecule has 1 rings (SSSR count). The number of rotatable bonds is 6. The minimum atomic E-state index is -4.40. The van der Waals surface area contributed by atoms with Crippen molar-refractivity contribution in [3.8, 4) is 0 Å². The van der Waals surface area contributed by atoms with Crippen molar-refractivity contribution in [1.82, 2.24) is 9.80 Å². The normalized spacial score (nSPS) is 20.7. The molecule has 1 saturated heterocycles. The molecule has 1 unspecified atom stereocenters.